The Morgan fingerprint density at radius 2 is 1.94 bits per heavy atom. The molecule has 35 heavy (non-hydrogen) atoms. The van der Waals surface area contributed by atoms with Gasteiger partial charge >= 0.3 is 0 Å². The van der Waals surface area contributed by atoms with Crippen molar-refractivity contribution in [3.05, 3.63) is 89.5 Å². The summed E-state index contributed by atoms with van der Waals surface area (Å²) in [6, 6.07) is 17.7. The molecule has 3 heterocycles. The van der Waals surface area contributed by atoms with Crippen LogP contribution in [0.25, 0.3) is 16.9 Å². The smallest absolute Gasteiger partial charge is 0.273 e. The van der Waals surface area contributed by atoms with E-state index >= 15 is 0 Å². The highest BCUT2D eigenvalue weighted by Gasteiger charge is 2.22. The first-order chi connectivity index (χ1) is 17.0. The molecule has 5 rings (SSSR count). The quantitative estimate of drug-likeness (QED) is 0.469. The van der Waals surface area contributed by atoms with Gasteiger partial charge in [0.2, 0.25) is 0 Å². The van der Waals surface area contributed by atoms with Crippen LogP contribution in [0, 0.1) is 11.3 Å². The van der Waals surface area contributed by atoms with Gasteiger partial charge in [0.1, 0.15) is 5.69 Å². The largest absolute Gasteiger partial charge is 0.390 e. The van der Waals surface area contributed by atoms with Crippen LogP contribution in [-0.2, 0) is 13.0 Å². The maximum Gasteiger partial charge on any atom is 0.273 e. The van der Waals surface area contributed by atoms with Crippen LogP contribution < -0.4 is 0 Å². The van der Waals surface area contributed by atoms with Crippen molar-refractivity contribution < 1.29 is 9.90 Å². The van der Waals surface area contributed by atoms with Gasteiger partial charge in [-0.1, -0.05) is 36.4 Å². The number of β-amino-alcohol motifs (C(OH)–C–C–N with tert-alkyl or cyclic N) is 1. The standard InChI is InChI=1S/C27H26N6O2/c1-31(15-23(34)16-32-11-10-20-4-2-3-5-22(20)14-32)27(35)25-18-33-17-24(29-13-26(33)30-25)21-8-6-19(12-28)7-9-21/h2-9,13,17-18,23,34H,10-11,14-16H2,1H3. The lowest BCUT2D eigenvalue weighted by Gasteiger charge is -2.31. The highest BCUT2D eigenvalue weighted by Crippen LogP contribution is 2.20. The molecular weight excluding hydrogens is 440 g/mol. The number of aliphatic hydroxyl groups excluding tert-OH is 1. The number of likely N-dealkylation sites (N-methyl/N-ethyl adjacent to an activating group) is 1. The number of nitrogens with zero attached hydrogens (tertiary/aromatic N) is 6. The number of amides is 1. The van der Waals surface area contributed by atoms with E-state index < -0.39 is 6.10 Å². The summed E-state index contributed by atoms with van der Waals surface area (Å²) in [7, 11) is 1.68. The van der Waals surface area contributed by atoms with E-state index in [1.165, 1.54) is 16.0 Å². The molecular formula is C27H26N6O2. The number of benzene rings is 2. The molecule has 1 N–H and O–H groups in total. The van der Waals surface area contributed by atoms with Gasteiger partial charge in [0, 0.05) is 51.2 Å². The number of nitriles is 1. The van der Waals surface area contributed by atoms with Crippen LogP contribution in [0.15, 0.2) is 67.1 Å². The summed E-state index contributed by atoms with van der Waals surface area (Å²) in [5.74, 6) is -0.253. The monoisotopic (exact) mass is 466 g/mol. The molecule has 0 saturated carbocycles. The van der Waals surface area contributed by atoms with E-state index in [1.54, 1.807) is 36.0 Å². The van der Waals surface area contributed by atoms with Crippen molar-refractivity contribution in [2.75, 3.05) is 26.7 Å². The van der Waals surface area contributed by atoms with Crippen molar-refractivity contribution in [2.45, 2.75) is 19.1 Å². The van der Waals surface area contributed by atoms with Crippen LogP contribution in [0.5, 0.6) is 0 Å². The van der Waals surface area contributed by atoms with Gasteiger partial charge in [-0.05, 0) is 29.7 Å². The molecule has 4 aromatic rings. The first-order valence-corrected chi connectivity index (χ1v) is 11.6. The lowest BCUT2D eigenvalue weighted by atomic mass is 10.00. The minimum Gasteiger partial charge on any atom is -0.390 e. The van der Waals surface area contributed by atoms with Crippen molar-refractivity contribution in [1.82, 2.24) is 24.2 Å². The van der Waals surface area contributed by atoms with Crippen LogP contribution in [-0.4, -0.2) is 68.0 Å². The molecule has 2 aromatic carbocycles. The van der Waals surface area contributed by atoms with Gasteiger partial charge in [0.15, 0.2) is 5.65 Å². The summed E-state index contributed by atoms with van der Waals surface area (Å²) in [6.07, 6.45) is 5.42. The molecule has 8 nitrogen and oxygen atoms in total. The predicted octanol–water partition coefficient (Wildman–Crippen LogP) is 2.76. The maximum absolute atomic E-state index is 13.0. The Morgan fingerprint density at radius 1 is 1.17 bits per heavy atom. The number of carbonyl (C=O) groups is 1. The number of imidazole rings is 1. The minimum absolute atomic E-state index is 0.222. The summed E-state index contributed by atoms with van der Waals surface area (Å²) >= 11 is 0. The zero-order valence-corrected chi connectivity index (χ0v) is 19.5. The van der Waals surface area contributed by atoms with E-state index in [9.17, 15) is 9.90 Å². The van der Waals surface area contributed by atoms with Crippen LogP contribution in [0.1, 0.15) is 27.2 Å². The van der Waals surface area contributed by atoms with Gasteiger partial charge in [-0.3, -0.25) is 14.7 Å². The third-order valence-electron chi connectivity index (χ3n) is 6.38. The molecule has 1 amide bonds. The topological polar surface area (TPSA) is 97.8 Å². The summed E-state index contributed by atoms with van der Waals surface area (Å²) in [5, 5.41) is 19.6. The van der Waals surface area contributed by atoms with Crippen LogP contribution in [0.2, 0.25) is 0 Å². The number of aromatic nitrogens is 3. The molecule has 8 heteroatoms. The highest BCUT2D eigenvalue weighted by molar-refractivity contribution is 5.92. The summed E-state index contributed by atoms with van der Waals surface area (Å²) < 4.78 is 1.77. The minimum atomic E-state index is -0.657. The lowest BCUT2D eigenvalue weighted by molar-refractivity contribution is 0.0565. The van der Waals surface area contributed by atoms with Crippen molar-refractivity contribution in [1.29, 1.82) is 5.26 Å². The average Bonchev–Trinajstić information content (AvgIpc) is 3.31. The molecule has 1 aliphatic rings. The normalized spacial score (nSPS) is 14.3. The summed E-state index contributed by atoms with van der Waals surface area (Å²) in [5.41, 5.74) is 5.69. The SMILES string of the molecule is CN(CC(O)CN1CCc2ccccc2C1)C(=O)c1cn2cc(-c3ccc(C#N)cc3)ncc2n1. The molecule has 0 fully saturated rings. The van der Waals surface area contributed by atoms with Crippen molar-refractivity contribution in [2.24, 2.45) is 0 Å². The fraction of sp³-hybridized carbons (Fsp3) is 0.259. The Hall–Kier alpha value is -4.06. The Morgan fingerprint density at radius 3 is 2.71 bits per heavy atom. The van der Waals surface area contributed by atoms with Gasteiger partial charge < -0.3 is 14.4 Å². The molecule has 176 valence electrons. The zero-order chi connectivity index (χ0) is 24.4. The van der Waals surface area contributed by atoms with Crippen LogP contribution in [0.4, 0.5) is 0 Å². The summed E-state index contributed by atoms with van der Waals surface area (Å²) in [4.78, 5) is 25.6. The second-order valence-corrected chi connectivity index (χ2v) is 8.95. The molecule has 1 aliphatic heterocycles. The Kier molecular flexibility index (Phi) is 6.27. The second-order valence-electron chi connectivity index (χ2n) is 8.95. The zero-order valence-electron chi connectivity index (χ0n) is 19.5. The summed E-state index contributed by atoms with van der Waals surface area (Å²) in [6.45, 7) is 2.44. The first kappa shape index (κ1) is 22.7. The van der Waals surface area contributed by atoms with Gasteiger partial charge in [-0.25, -0.2) is 4.98 Å². The van der Waals surface area contributed by atoms with E-state index in [0.717, 1.165) is 25.1 Å². The van der Waals surface area contributed by atoms with E-state index in [-0.39, 0.29) is 12.5 Å². The Bertz CT molecular complexity index is 1410. The molecule has 0 radical (unpaired) electrons. The number of aliphatic hydroxyl groups is 1. The van der Waals surface area contributed by atoms with Gasteiger partial charge in [-0.15, -0.1) is 0 Å². The second kappa shape index (κ2) is 9.66. The molecule has 0 spiro atoms. The number of rotatable bonds is 6. The van der Waals surface area contributed by atoms with Crippen LogP contribution >= 0.6 is 0 Å². The fourth-order valence-electron chi connectivity index (χ4n) is 4.53. The average molecular weight is 467 g/mol. The molecule has 0 aliphatic carbocycles. The lowest BCUT2D eigenvalue weighted by Crippen LogP contribution is -2.42. The molecule has 1 unspecified atom stereocenters. The third kappa shape index (κ3) is 4.92. The molecule has 2 aromatic heterocycles. The van der Waals surface area contributed by atoms with E-state index in [2.05, 4.69) is 39.1 Å². The number of carbonyl (C=O) groups excluding carboxylic acids is 1. The van der Waals surface area contributed by atoms with Crippen LogP contribution in [0.3, 0.4) is 0 Å². The molecule has 0 saturated heterocycles. The number of hydrogen-bond donors (Lipinski definition) is 1. The predicted molar refractivity (Wildman–Crippen MR) is 132 cm³/mol. The molecule has 0 bridgehead atoms. The molecule has 1 atom stereocenters. The van der Waals surface area contributed by atoms with E-state index in [1.807, 2.05) is 24.4 Å². The maximum atomic E-state index is 13.0. The number of fused-ring (bicyclic) bond motifs is 2. The third-order valence-corrected chi connectivity index (χ3v) is 6.38. The Balaban J connectivity index is 1.23. The van der Waals surface area contributed by atoms with Gasteiger partial charge in [-0.2, -0.15) is 5.26 Å². The first-order valence-electron chi connectivity index (χ1n) is 11.6. The number of hydrogen-bond acceptors (Lipinski definition) is 6. The van der Waals surface area contributed by atoms with E-state index in [4.69, 9.17) is 5.26 Å². The van der Waals surface area contributed by atoms with Crippen molar-refractivity contribution >= 4 is 11.6 Å². The van der Waals surface area contributed by atoms with Crippen molar-refractivity contribution in [3.8, 4) is 17.3 Å². The fourth-order valence-corrected chi connectivity index (χ4v) is 4.53. The Labute approximate surface area is 203 Å². The van der Waals surface area contributed by atoms with Gasteiger partial charge in [0.05, 0.1) is 29.6 Å². The van der Waals surface area contributed by atoms with Crippen molar-refractivity contribution in [3.63, 3.8) is 0 Å². The highest BCUT2D eigenvalue weighted by atomic mass is 16.3. The van der Waals surface area contributed by atoms with Gasteiger partial charge in [0.25, 0.3) is 5.91 Å². The van der Waals surface area contributed by atoms with E-state index in [0.29, 0.717) is 29.1 Å².